The van der Waals surface area contributed by atoms with Gasteiger partial charge in [-0.2, -0.15) is 0 Å². The maximum absolute atomic E-state index is 4.07. The molecule has 0 aliphatic rings. The van der Waals surface area contributed by atoms with Crippen LogP contribution >= 0.6 is 0 Å². The largest absolute Gasteiger partial charge is 0.354 e. The molecular formula is C13H14N2. The fourth-order valence-electron chi connectivity index (χ4n) is 1.46. The SMILES string of the molecule is Cc1ccc(C)c(Nc2cccnc2)c1. The van der Waals surface area contributed by atoms with Crippen LogP contribution in [-0.2, 0) is 0 Å². The van der Waals surface area contributed by atoms with Crippen molar-refractivity contribution in [3.8, 4) is 0 Å². The van der Waals surface area contributed by atoms with Gasteiger partial charge < -0.3 is 5.32 Å². The van der Waals surface area contributed by atoms with E-state index in [1.807, 2.05) is 18.3 Å². The number of aromatic nitrogens is 1. The molecule has 0 amide bonds. The standard InChI is InChI=1S/C13H14N2/c1-10-5-6-11(2)13(8-10)15-12-4-3-7-14-9-12/h3-9,15H,1-2H3. The third-order valence-corrected chi connectivity index (χ3v) is 2.33. The summed E-state index contributed by atoms with van der Waals surface area (Å²) in [4.78, 5) is 4.07. The Labute approximate surface area is 90.0 Å². The van der Waals surface area contributed by atoms with Crippen molar-refractivity contribution in [3.63, 3.8) is 0 Å². The Morgan fingerprint density at radius 2 is 2.00 bits per heavy atom. The lowest BCUT2D eigenvalue weighted by Crippen LogP contribution is -1.93. The molecule has 76 valence electrons. The monoisotopic (exact) mass is 198 g/mol. The third kappa shape index (κ3) is 2.34. The molecule has 2 heteroatoms. The molecule has 2 nitrogen and oxygen atoms in total. The maximum Gasteiger partial charge on any atom is 0.0570 e. The molecule has 1 heterocycles. The summed E-state index contributed by atoms with van der Waals surface area (Å²) in [6.45, 7) is 4.19. The summed E-state index contributed by atoms with van der Waals surface area (Å²) in [5.41, 5.74) is 4.66. The van der Waals surface area contributed by atoms with Crippen LogP contribution < -0.4 is 5.32 Å². The molecule has 0 unspecified atom stereocenters. The Bertz CT molecular complexity index is 449. The number of hydrogen-bond donors (Lipinski definition) is 1. The molecule has 1 aromatic heterocycles. The minimum absolute atomic E-state index is 1.02. The van der Waals surface area contributed by atoms with E-state index in [0.29, 0.717) is 0 Å². The van der Waals surface area contributed by atoms with Gasteiger partial charge in [0.05, 0.1) is 11.9 Å². The molecule has 0 saturated heterocycles. The van der Waals surface area contributed by atoms with Crippen LogP contribution in [0.5, 0.6) is 0 Å². The van der Waals surface area contributed by atoms with Gasteiger partial charge in [-0.1, -0.05) is 12.1 Å². The van der Waals surface area contributed by atoms with E-state index >= 15 is 0 Å². The van der Waals surface area contributed by atoms with Crippen molar-refractivity contribution in [1.82, 2.24) is 4.98 Å². The molecule has 0 spiro atoms. The van der Waals surface area contributed by atoms with Crippen LogP contribution in [-0.4, -0.2) is 4.98 Å². The summed E-state index contributed by atoms with van der Waals surface area (Å²) in [6.07, 6.45) is 3.59. The average Bonchev–Trinajstić information content (AvgIpc) is 2.25. The first kappa shape index (κ1) is 9.71. The lowest BCUT2D eigenvalue weighted by molar-refractivity contribution is 1.31. The molecule has 1 N–H and O–H groups in total. The van der Waals surface area contributed by atoms with Crippen molar-refractivity contribution in [2.75, 3.05) is 5.32 Å². The number of nitrogens with zero attached hydrogens (tertiary/aromatic N) is 1. The number of anilines is 2. The summed E-state index contributed by atoms with van der Waals surface area (Å²) in [5.74, 6) is 0. The van der Waals surface area contributed by atoms with Crippen LogP contribution in [0.15, 0.2) is 42.7 Å². The number of pyridine rings is 1. The summed E-state index contributed by atoms with van der Waals surface area (Å²) in [7, 11) is 0. The van der Waals surface area contributed by atoms with Gasteiger partial charge in [0.25, 0.3) is 0 Å². The van der Waals surface area contributed by atoms with Gasteiger partial charge in [-0.15, -0.1) is 0 Å². The highest BCUT2D eigenvalue weighted by molar-refractivity contribution is 5.62. The summed E-state index contributed by atoms with van der Waals surface area (Å²) in [5, 5.41) is 3.35. The molecule has 0 atom stereocenters. The summed E-state index contributed by atoms with van der Waals surface area (Å²) < 4.78 is 0. The van der Waals surface area contributed by atoms with Crippen molar-refractivity contribution >= 4 is 11.4 Å². The van der Waals surface area contributed by atoms with Gasteiger partial charge in [-0.3, -0.25) is 4.98 Å². The van der Waals surface area contributed by atoms with E-state index < -0.39 is 0 Å². The fraction of sp³-hybridized carbons (Fsp3) is 0.154. The number of nitrogens with one attached hydrogen (secondary N) is 1. The van der Waals surface area contributed by atoms with Crippen molar-refractivity contribution in [1.29, 1.82) is 0 Å². The second-order valence-corrected chi connectivity index (χ2v) is 3.69. The minimum Gasteiger partial charge on any atom is -0.354 e. The molecule has 2 rings (SSSR count). The summed E-state index contributed by atoms with van der Waals surface area (Å²) >= 11 is 0. The molecule has 0 aliphatic heterocycles. The summed E-state index contributed by atoms with van der Waals surface area (Å²) in [6, 6.07) is 10.3. The smallest absolute Gasteiger partial charge is 0.0570 e. The van der Waals surface area contributed by atoms with Crippen LogP contribution in [0.25, 0.3) is 0 Å². The van der Waals surface area contributed by atoms with Crippen LogP contribution in [0.1, 0.15) is 11.1 Å². The highest BCUT2D eigenvalue weighted by Crippen LogP contribution is 2.20. The van der Waals surface area contributed by atoms with Gasteiger partial charge in [-0.25, -0.2) is 0 Å². The first-order valence-electron chi connectivity index (χ1n) is 5.00. The number of aryl methyl sites for hydroxylation is 2. The third-order valence-electron chi connectivity index (χ3n) is 2.33. The number of hydrogen-bond acceptors (Lipinski definition) is 2. The number of rotatable bonds is 2. The second-order valence-electron chi connectivity index (χ2n) is 3.69. The quantitative estimate of drug-likeness (QED) is 0.799. The van der Waals surface area contributed by atoms with Crippen molar-refractivity contribution < 1.29 is 0 Å². The molecule has 1 aromatic carbocycles. The van der Waals surface area contributed by atoms with Gasteiger partial charge in [0.15, 0.2) is 0 Å². The molecule has 2 aromatic rings. The Balaban J connectivity index is 2.28. The predicted octanol–water partition coefficient (Wildman–Crippen LogP) is 3.44. The van der Waals surface area contributed by atoms with E-state index in [-0.39, 0.29) is 0 Å². The fourth-order valence-corrected chi connectivity index (χ4v) is 1.46. The van der Waals surface area contributed by atoms with Crippen molar-refractivity contribution in [3.05, 3.63) is 53.9 Å². The van der Waals surface area contributed by atoms with Crippen molar-refractivity contribution in [2.24, 2.45) is 0 Å². The Hall–Kier alpha value is -1.83. The molecule has 0 fully saturated rings. The molecule has 15 heavy (non-hydrogen) atoms. The van der Waals surface area contributed by atoms with E-state index in [2.05, 4.69) is 42.3 Å². The zero-order chi connectivity index (χ0) is 10.7. The average molecular weight is 198 g/mol. The predicted molar refractivity (Wildman–Crippen MR) is 63.4 cm³/mol. The Morgan fingerprint density at radius 3 is 2.73 bits per heavy atom. The first-order valence-corrected chi connectivity index (χ1v) is 5.00. The lowest BCUT2D eigenvalue weighted by Gasteiger charge is -2.09. The van der Waals surface area contributed by atoms with E-state index in [0.717, 1.165) is 11.4 Å². The van der Waals surface area contributed by atoms with Gasteiger partial charge in [-0.05, 0) is 43.2 Å². The van der Waals surface area contributed by atoms with Crippen molar-refractivity contribution in [2.45, 2.75) is 13.8 Å². The molecule has 0 aliphatic carbocycles. The Kier molecular flexibility index (Phi) is 2.68. The zero-order valence-corrected chi connectivity index (χ0v) is 8.99. The second kappa shape index (κ2) is 4.13. The van der Waals surface area contributed by atoms with E-state index in [9.17, 15) is 0 Å². The van der Waals surface area contributed by atoms with Crippen LogP contribution in [0.2, 0.25) is 0 Å². The molecular weight excluding hydrogens is 184 g/mol. The van der Waals surface area contributed by atoms with E-state index in [1.54, 1.807) is 6.20 Å². The first-order chi connectivity index (χ1) is 7.25. The topological polar surface area (TPSA) is 24.9 Å². The maximum atomic E-state index is 4.07. The normalized spacial score (nSPS) is 10.0. The van der Waals surface area contributed by atoms with Gasteiger partial charge in [0.1, 0.15) is 0 Å². The molecule has 0 saturated carbocycles. The molecule has 0 radical (unpaired) electrons. The van der Waals surface area contributed by atoms with Gasteiger partial charge >= 0.3 is 0 Å². The van der Waals surface area contributed by atoms with E-state index in [1.165, 1.54) is 11.1 Å². The zero-order valence-electron chi connectivity index (χ0n) is 8.99. The van der Waals surface area contributed by atoms with Crippen LogP contribution in [0.3, 0.4) is 0 Å². The highest BCUT2D eigenvalue weighted by atomic mass is 14.9. The minimum atomic E-state index is 1.02. The highest BCUT2D eigenvalue weighted by Gasteiger charge is 1.98. The number of benzene rings is 1. The molecule has 0 bridgehead atoms. The van der Waals surface area contributed by atoms with E-state index in [4.69, 9.17) is 0 Å². The lowest BCUT2D eigenvalue weighted by atomic mass is 10.1. The van der Waals surface area contributed by atoms with Gasteiger partial charge in [0.2, 0.25) is 0 Å². The van der Waals surface area contributed by atoms with Crippen LogP contribution in [0, 0.1) is 13.8 Å². The Morgan fingerprint density at radius 1 is 1.13 bits per heavy atom. The van der Waals surface area contributed by atoms with Crippen LogP contribution in [0.4, 0.5) is 11.4 Å². The van der Waals surface area contributed by atoms with Gasteiger partial charge in [0, 0.05) is 11.9 Å².